The van der Waals surface area contributed by atoms with Gasteiger partial charge >= 0.3 is 6.21 Å². The zero-order valence-corrected chi connectivity index (χ0v) is 8.19. The molecule has 0 fully saturated rings. The molecule has 0 aliphatic heterocycles. The van der Waals surface area contributed by atoms with Crippen LogP contribution in [0.5, 0.6) is 0 Å². The van der Waals surface area contributed by atoms with E-state index in [4.69, 9.17) is 5.53 Å². The maximum Gasteiger partial charge on any atom is 0.323 e. The fraction of sp³-hybridized carbons (Fsp3) is 0.273. The first-order chi connectivity index (χ1) is 7.22. The van der Waals surface area contributed by atoms with Crippen LogP contribution in [0.1, 0.15) is 18.4 Å². The van der Waals surface area contributed by atoms with Crippen molar-refractivity contribution in [1.82, 2.24) is 0 Å². The molecule has 0 aromatic heterocycles. The van der Waals surface area contributed by atoms with Gasteiger partial charge in [0.25, 0.3) is 0 Å². The molecule has 0 amide bonds. The largest absolute Gasteiger partial charge is 0.361 e. The van der Waals surface area contributed by atoms with Gasteiger partial charge in [-0.15, -0.1) is 0 Å². The van der Waals surface area contributed by atoms with Gasteiger partial charge in [-0.25, -0.2) is 4.39 Å². The van der Waals surface area contributed by atoms with Crippen molar-refractivity contribution in [2.24, 2.45) is 0 Å². The fourth-order valence-electron chi connectivity index (χ4n) is 1.25. The SMILES string of the molecule is [N-]=[N+]=CC(=O)CCCc1ccc(F)cc1. The van der Waals surface area contributed by atoms with Gasteiger partial charge in [0.1, 0.15) is 5.82 Å². The molecule has 1 rings (SSSR count). The van der Waals surface area contributed by atoms with Gasteiger partial charge < -0.3 is 5.53 Å². The first kappa shape index (κ1) is 11.3. The number of ketones is 1. The molecule has 0 saturated carbocycles. The maximum absolute atomic E-state index is 12.5. The molecule has 15 heavy (non-hydrogen) atoms. The van der Waals surface area contributed by atoms with Gasteiger partial charge in [-0.3, -0.25) is 4.79 Å². The third kappa shape index (κ3) is 4.29. The highest BCUT2D eigenvalue weighted by atomic mass is 19.1. The summed E-state index contributed by atoms with van der Waals surface area (Å²) < 4.78 is 12.5. The Morgan fingerprint density at radius 1 is 1.40 bits per heavy atom. The normalized spacial score (nSPS) is 9.40. The van der Waals surface area contributed by atoms with E-state index < -0.39 is 0 Å². The Kier molecular flexibility index (Phi) is 4.38. The number of halogens is 1. The molecule has 0 radical (unpaired) electrons. The van der Waals surface area contributed by atoms with Crippen LogP contribution in [0, 0.1) is 5.82 Å². The second kappa shape index (κ2) is 5.83. The van der Waals surface area contributed by atoms with Gasteiger partial charge in [-0.1, -0.05) is 12.1 Å². The van der Waals surface area contributed by atoms with E-state index in [1.54, 1.807) is 12.1 Å². The van der Waals surface area contributed by atoms with Crippen LogP contribution < -0.4 is 0 Å². The molecule has 78 valence electrons. The lowest BCUT2D eigenvalue weighted by Crippen LogP contribution is -2.00. The summed E-state index contributed by atoms with van der Waals surface area (Å²) in [6.45, 7) is 0. The number of carbonyl (C=O) groups is 1. The van der Waals surface area contributed by atoms with E-state index in [0.29, 0.717) is 19.3 Å². The number of aryl methyl sites for hydroxylation is 1. The topological polar surface area (TPSA) is 53.5 Å². The van der Waals surface area contributed by atoms with Crippen molar-refractivity contribution in [1.29, 1.82) is 0 Å². The Bertz CT molecular complexity index is 380. The van der Waals surface area contributed by atoms with Crippen LogP contribution in [0.4, 0.5) is 4.39 Å². The highest BCUT2D eigenvalue weighted by Gasteiger charge is 2.02. The van der Waals surface area contributed by atoms with E-state index in [9.17, 15) is 9.18 Å². The van der Waals surface area contributed by atoms with Crippen LogP contribution in [0.25, 0.3) is 5.53 Å². The zero-order chi connectivity index (χ0) is 11.1. The van der Waals surface area contributed by atoms with Crippen LogP contribution in [0.2, 0.25) is 0 Å². The molecule has 4 heteroatoms. The molecule has 0 saturated heterocycles. The second-order valence-corrected chi connectivity index (χ2v) is 3.19. The maximum atomic E-state index is 12.5. The monoisotopic (exact) mass is 206 g/mol. The summed E-state index contributed by atoms with van der Waals surface area (Å²) in [5, 5.41) is 0. The summed E-state index contributed by atoms with van der Waals surface area (Å²) in [4.78, 5) is 13.6. The fourth-order valence-corrected chi connectivity index (χ4v) is 1.25. The molecule has 0 heterocycles. The lowest BCUT2D eigenvalue weighted by atomic mass is 10.1. The Balaban J connectivity index is 2.35. The van der Waals surface area contributed by atoms with Crippen molar-refractivity contribution >= 4 is 12.0 Å². The van der Waals surface area contributed by atoms with Gasteiger partial charge in [-0.05, 0) is 30.5 Å². The Labute approximate surface area is 87.2 Å². The molecule has 3 nitrogen and oxygen atoms in total. The average molecular weight is 206 g/mol. The number of benzene rings is 1. The van der Waals surface area contributed by atoms with E-state index in [1.807, 2.05) is 0 Å². The van der Waals surface area contributed by atoms with E-state index in [1.165, 1.54) is 12.1 Å². The number of hydrogen-bond donors (Lipinski definition) is 0. The summed E-state index contributed by atoms with van der Waals surface area (Å²) >= 11 is 0. The molecular weight excluding hydrogens is 195 g/mol. The second-order valence-electron chi connectivity index (χ2n) is 3.19. The van der Waals surface area contributed by atoms with Crippen molar-refractivity contribution < 1.29 is 14.0 Å². The van der Waals surface area contributed by atoms with Crippen molar-refractivity contribution in [3.8, 4) is 0 Å². The Hall–Kier alpha value is -1.80. The summed E-state index contributed by atoms with van der Waals surface area (Å²) in [5.74, 6) is -0.471. The Morgan fingerprint density at radius 2 is 2.07 bits per heavy atom. The molecule has 1 aromatic carbocycles. The van der Waals surface area contributed by atoms with Gasteiger partial charge in [0.05, 0.1) is 0 Å². The number of rotatable bonds is 5. The lowest BCUT2D eigenvalue weighted by molar-refractivity contribution is -0.116. The number of Topliss-reactive ketones (excluding diaryl/α,β-unsaturated/α-hetero) is 1. The summed E-state index contributed by atoms with van der Waals surface area (Å²) in [6.07, 6.45) is 2.61. The first-order valence-corrected chi connectivity index (χ1v) is 4.67. The van der Waals surface area contributed by atoms with Crippen molar-refractivity contribution in [2.75, 3.05) is 0 Å². The van der Waals surface area contributed by atoms with Crippen LogP contribution >= 0.6 is 0 Å². The van der Waals surface area contributed by atoms with Gasteiger partial charge in [0.15, 0.2) is 0 Å². The molecule has 0 aliphatic rings. The minimum Gasteiger partial charge on any atom is -0.361 e. The van der Waals surface area contributed by atoms with E-state index >= 15 is 0 Å². The standard InChI is InChI=1S/C11H11FN2O/c12-10-6-4-9(5-7-10)2-1-3-11(15)8-14-13/h4-8H,1-3H2. The third-order valence-electron chi connectivity index (χ3n) is 2.00. The van der Waals surface area contributed by atoms with E-state index in [2.05, 4.69) is 4.79 Å². The molecule has 1 aromatic rings. The number of carbonyl (C=O) groups excluding carboxylic acids is 1. The summed E-state index contributed by atoms with van der Waals surface area (Å²) in [5.41, 5.74) is 9.08. The van der Waals surface area contributed by atoms with Crippen LogP contribution in [-0.4, -0.2) is 16.8 Å². The molecule has 0 bridgehead atoms. The molecule has 0 spiro atoms. The third-order valence-corrected chi connectivity index (χ3v) is 2.00. The van der Waals surface area contributed by atoms with Crippen LogP contribution in [0.15, 0.2) is 24.3 Å². The minimum absolute atomic E-state index is 0.209. The van der Waals surface area contributed by atoms with E-state index in [-0.39, 0.29) is 11.6 Å². The van der Waals surface area contributed by atoms with Gasteiger partial charge in [0.2, 0.25) is 5.78 Å². The van der Waals surface area contributed by atoms with Crippen molar-refractivity contribution in [3.05, 3.63) is 41.2 Å². The van der Waals surface area contributed by atoms with Gasteiger partial charge in [-0.2, -0.15) is 4.79 Å². The quantitative estimate of drug-likeness (QED) is 0.413. The van der Waals surface area contributed by atoms with Crippen LogP contribution in [-0.2, 0) is 11.2 Å². The zero-order valence-electron chi connectivity index (χ0n) is 8.19. The highest BCUT2D eigenvalue weighted by molar-refractivity contribution is 6.25. The molecule has 0 N–H and O–H groups in total. The van der Waals surface area contributed by atoms with Gasteiger partial charge in [0, 0.05) is 6.42 Å². The lowest BCUT2D eigenvalue weighted by Gasteiger charge is -1.98. The molecule has 0 aliphatic carbocycles. The molecule has 0 unspecified atom stereocenters. The van der Waals surface area contributed by atoms with E-state index in [0.717, 1.165) is 11.8 Å². The molecular formula is C11H11FN2O. The predicted molar refractivity (Wildman–Crippen MR) is 54.0 cm³/mol. The highest BCUT2D eigenvalue weighted by Crippen LogP contribution is 2.06. The van der Waals surface area contributed by atoms with Crippen molar-refractivity contribution in [3.63, 3.8) is 0 Å². The smallest absolute Gasteiger partial charge is 0.323 e. The number of hydrogen-bond acceptors (Lipinski definition) is 1. The first-order valence-electron chi connectivity index (χ1n) is 4.67. The summed E-state index contributed by atoms with van der Waals surface area (Å²) in [7, 11) is 0. The van der Waals surface area contributed by atoms with Crippen molar-refractivity contribution in [2.45, 2.75) is 19.3 Å². The number of nitrogens with zero attached hydrogens (tertiary/aromatic N) is 2. The average Bonchev–Trinajstić information content (AvgIpc) is 2.21. The molecule has 0 atom stereocenters. The van der Waals surface area contributed by atoms with Crippen LogP contribution in [0.3, 0.4) is 0 Å². The predicted octanol–water partition coefficient (Wildman–Crippen LogP) is 2.02. The summed E-state index contributed by atoms with van der Waals surface area (Å²) in [6, 6.07) is 6.18. The minimum atomic E-state index is -0.262. The Morgan fingerprint density at radius 3 is 2.67 bits per heavy atom.